The summed E-state index contributed by atoms with van der Waals surface area (Å²) in [7, 11) is 0. The third-order valence-electron chi connectivity index (χ3n) is 6.56. The smallest absolute Gasteiger partial charge is 1.00 e. The zero-order chi connectivity index (χ0) is 21.1. The summed E-state index contributed by atoms with van der Waals surface area (Å²) in [5.74, 6) is 0.610. The van der Waals surface area contributed by atoms with E-state index in [1.54, 1.807) is 15.0 Å². The predicted octanol–water partition coefficient (Wildman–Crippen LogP) is 1.92. The minimum absolute atomic E-state index is 0. The third kappa shape index (κ3) is 4.93. The molecular weight excluding hydrogens is 455 g/mol. The molecule has 2 aromatic rings. The Hall–Kier alpha value is -0.786. The first-order valence-electron chi connectivity index (χ1n) is 10.9. The molecule has 1 unspecified atom stereocenters. The number of hydrogen-bond acceptors (Lipinski definition) is 0. The maximum atomic E-state index is 2.53. The van der Waals surface area contributed by atoms with Crippen molar-refractivity contribution in [2.45, 2.75) is 70.4 Å². The summed E-state index contributed by atoms with van der Waals surface area (Å²) in [6.45, 7) is 18.7. The zero-order valence-electron chi connectivity index (χ0n) is 20.0. The van der Waals surface area contributed by atoms with E-state index in [2.05, 4.69) is 104 Å². The Morgan fingerprint density at radius 2 is 1.19 bits per heavy atom. The van der Waals surface area contributed by atoms with E-state index >= 15 is 0 Å². The number of halogens is 2. The third-order valence-corrected chi connectivity index (χ3v) is 9.80. The van der Waals surface area contributed by atoms with Crippen LogP contribution in [0.25, 0.3) is 11.1 Å². The molecule has 4 rings (SSSR count). The van der Waals surface area contributed by atoms with Gasteiger partial charge >= 0.3 is 187 Å². The van der Waals surface area contributed by atoms with Gasteiger partial charge in [-0.2, -0.15) is 0 Å². The first-order valence-corrected chi connectivity index (χ1v) is 12.6. The summed E-state index contributed by atoms with van der Waals surface area (Å²) in [4.78, 5) is 0. The molecule has 0 heterocycles. The van der Waals surface area contributed by atoms with Crippen molar-refractivity contribution in [2.24, 2.45) is 5.92 Å². The van der Waals surface area contributed by atoms with Crippen LogP contribution < -0.4 is 24.8 Å². The molecule has 0 bridgehead atoms. The van der Waals surface area contributed by atoms with Crippen molar-refractivity contribution in [2.75, 3.05) is 0 Å². The molecule has 3 heteroatoms. The maximum Gasteiger partial charge on any atom is -1.00 e. The van der Waals surface area contributed by atoms with Crippen LogP contribution in [0.1, 0.15) is 81.9 Å². The molecule has 0 radical (unpaired) electrons. The Kier molecular flexibility index (Phi) is 7.87. The van der Waals surface area contributed by atoms with Crippen LogP contribution in [0.2, 0.25) is 0 Å². The fourth-order valence-electron chi connectivity index (χ4n) is 4.58. The Morgan fingerprint density at radius 3 is 1.55 bits per heavy atom. The summed E-state index contributed by atoms with van der Waals surface area (Å²) < 4.78 is 2.31. The van der Waals surface area contributed by atoms with Gasteiger partial charge in [-0.15, -0.1) is 0 Å². The first-order chi connectivity index (χ1) is 13.5. The summed E-state index contributed by atoms with van der Waals surface area (Å²) in [5, 5.41) is 0. The van der Waals surface area contributed by atoms with Crippen molar-refractivity contribution in [1.29, 1.82) is 0 Å². The van der Waals surface area contributed by atoms with E-state index in [-0.39, 0.29) is 54.8 Å². The maximum absolute atomic E-state index is 2.53. The van der Waals surface area contributed by atoms with Crippen LogP contribution in [-0.4, -0.2) is 0 Å². The minimum Gasteiger partial charge on any atom is -1.00 e. The van der Waals surface area contributed by atoms with Gasteiger partial charge in [0, 0.05) is 0 Å². The van der Waals surface area contributed by atoms with Gasteiger partial charge in [0.15, 0.2) is 0 Å². The van der Waals surface area contributed by atoms with E-state index in [1.807, 2.05) is 0 Å². The first kappa shape index (κ1) is 26.5. The molecule has 2 aliphatic carbocycles. The number of allylic oxidation sites excluding steroid dienone is 4. The molecular formula is C28H34Cl2Ti. The molecule has 0 saturated carbocycles. The molecule has 0 saturated heterocycles. The number of rotatable bonds is 2. The predicted molar refractivity (Wildman–Crippen MR) is 122 cm³/mol. The van der Waals surface area contributed by atoms with Gasteiger partial charge in [0.2, 0.25) is 0 Å². The molecule has 1 atom stereocenters. The quantitative estimate of drug-likeness (QED) is 0.566. The Bertz CT molecular complexity index is 968. The topological polar surface area (TPSA) is 0 Å². The molecule has 0 spiro atoms. The fourth-order valence-corrected chi connectivity index (χ4v) is 7.35. The average molecular weight is 489 g/mol. The Labute approximate surface area is 210 Å². The number of fused-ring (bicyclic) bond motifs is 3. The monoisotopic (exact) mass is 488 g/mol. The largest absolute Gasteiger partial charge is 1.00 e. The molecule has 0 nitrogen and oxygen atoms in total. The van der Waals surface area contributed by atoms with E-state index in [4.69, 9.17) is 0 Å². The number of hydrogen-bond donors (Lipinski definition) is 0. The van der Waals surface area contributed by atoms with Crippen molar-refractivity contribution < 1.29 is 44.0 Å². The van der Waals surface area contributed by atoms with Crippen LogP contribution >= 0.6 is 0 Å². The summed E-state index contributed by atoms with van der Waals surface area (Å²) >= 11 is -0.293. The Balaban J connectivity index is 0.00000171. The zero-order valence-corrected chi connectivity index (χ0v) is 23.1. The molecule has 2 aromatic carbocycles. The van der Waals surface area contributed by atoms with Gasteiger partial charge in [-0.05, 0) is 0 Å². The summed E-state index contributed by atoms with van der Waals surface area (Å²) in [5.41, 5.74) is 10.9. The van der Waals surface area contributed by atoms with Crippen LogP contribution in [0.5, 0.6) is 0 Å². The van der Waals surface area contributed by atoms with E-state index < -0.39 is 0 Å². The van der Waals surface area contributed by atoms with Gasteiger partial charge in [0.25, 0.3) is 0 Å². The SMILES string of the molecule is CC1=[C]([Ti+2][CH]2c3cc(C(C)(C)C)ccc3-c3ccc(C(C)(C)C)cc32)C(C)C=C1.[Cl-].[Cl-]. The molecule has 2 aliphatic rings. The molecule has 0 aliphatic heterocycles. The summed E-state index contributed by atoms with van der Waals surface area (Å²) in [6.07, 6.45) is 4.74. The molecule has 0 N–H and O–H groups in total. The standard InChI is InChI=1S/C21H25.C7H9.2ClH.Ti/c1-20(2,3)16-7-9-18-14(12-16)11-15-13-17(21(4,5)6)8-10-19(15)18;1-6-3-4-7(2)5-6;;;/h7-13H,1-6H3;3-4,6H,1-2H3;2*1H;/q;;;;+2/p-2. The normalized spacial score (nSPS) is 17.6. The molecule has 0 aromatic heterocycles. The Morgan fingerprint density at radius 1 is 0.742 bits per heavy atom. The van der Waals surface area contributed by atoms with E-state index in [9.17, 15) is 0 Å². The van der Waals surface area contributed by atoms with Gasteiger partial charge in [-0.1, -0.05) is 0 Å². The van der Waals surface area contributed by atoms with Gasteiger partial charge in [0.1, 0.15) is 0 Å². The second-order valence-corrected chi connectivity index (χ2v) is 13.1. The van der Waals surface area contributed by atoms with Gasteiger partial charge in [-0.25, -0.2) is 0 Å². The van der Waals surface area contributed by atoms with Crippen LogP contribution in [0.15, 0.2) is 58.0 Å². The second-order valence-electron chi connectivity index (χ2n) is 10.9. The average Bonchev–Trinajstić information content (AvgIpc) is 3.11. The van der Waals surface area contributed by atoms with Gasteiger partial charge in [0.05, 0.1) is 0 Å². The van der Waals surface area contributed by atoms with Crippen LogP contribution in [0.3, 0.4) is 0 Å². The fraction of sp³-hybridized carbons (Fsp3) is 0.429. The van der Waals surface area contributed by atoms with Crippen LogP contribution in [0.4, 0.5) is 0 Å². The van der Waals surface area contributed by atoms with E-state index in [1.165, 1.54) is 27.8 Å². The van der Waals surface area contributed by atoms with Gasteiger partial charge in [-0.3, -0.25) is 0 Å². The number of benzene rings is 2. The molecule has 0 fully saturated rings. The van der Waals surface area contributed by atoms with Crippen LogP contribution in [0, 0.1) is 5.92 Å². The molecule has 0 amide bonds. The van der Waals surface area contributed by atoms with E-state index in [0.717, 1.165) is 0 Å². The van der Waals surface area contributed by atoms with Crippen molar-refractivity contribution >= 4 is 0 Å². The molecule has 31 heavy (non-hydrogen) atoms. The van der Waals surface area contributed by atoms with Crippen molar-refractivity contribution in [1.82, 2.24) is 0 Å². The van der Waals surface area contributed by atoms with Crippen molar-refractivity contribution in [3.05, 3.63) is 80.3 Å². The van der Waals surface area contributed by atoms with Crippen molar-refractivity contribution in [3.63, 3.8) is 0 Å². The van der Waals surface area contributed by atoms with Crippen molar-refractivity contribution in [3.8, 4) is 11.1 Å². The van der Waals surface area contributed by atoms with Crippen LogP contribution in [-0.2, 0) is 30.0 Å². The summed E-state index contributed by atoms with van der Waals surface area (Å²) in [6, 6.07) is 14.6. The second kappa shape index (κ2) is 9.22. The molecule has 164 valence electrons. The minimum atomic E-state index is -0.293. The van der Waals surface area contributed by atoms with E-state index in [0.29, 0.717) is 10.1 Å². The van der Waals surface area contributed by atoms with Gasteiger partial charge < -0.3 is 24.8 Å².